The Kier molecular flexibility index (Phi) is 4.12. The second kappa shape index (κ2) is 5.99. The Balaban J connectivity index is 1.83. The number of carbonyl (C=O) groups excluding carboxylic acids is 1. The summed E-state index contributed by atoms with van der Waals surface area (Å²) < 4.78 is 1.71. The molecule has 19 heavy (non-hydrogen) atoms. The molecule has 2 rings (SSSR count). The minimum Gasteiger partial charge on any atom is -0.508 e. The summed E-state index contributed by atoms with van der Waals surface area (Å²) in [5, 5.41) is 19.9. The Bertz CT molecular complexity index is 552. The largest absolute Gasteiger partial charge is 0.508 e. The molecule has 0 aliphatic rings. The molecule has 100 valence electrons. The predicted molar refractivity (Wildman–Crippen MR) is 69.8 cm³/mol. The van der Waals surface area contributed by atoms with E-state index >= 15 is 0 Å². The molecule has 6 nitrogen and oxygen atoms in total. The molecule has 0 aliphatic heterocycles. The average Bonchev–Trinajstić information content (AvgIpc) is 2.91. The SMILES string of the molecule is Cc1c(O)cccc1C(=O)NCCCn1ccnn1. The van der Waals surface area contributed by atoms with E-state index in [1.54, 1.807) is 42.2 Å². The van der Waals surface area contributed by atoms with Gasteiger partial charge in [-0.3, -0.25) is 9.48 Å². The van der Waals surface area contributed by atoms with Gasteiger partial charge in [0.1, 0.15) is 5.75 Å². The predicted octanol–water partition coefficient (Wildman–Crippen LogP) is 1.11. The minimum absolute atomic E-state index is 0.135. The highest BCUT2D eigenvalue weighted by Crippen LogP contribution is 2.19. The van der Waals surface area contributed by atoms with Gasteiger partial charge in [-0.15, -0.1) is 5.10 Å². The Hall–Kier alpha value is -2.37. The zero-order valence-electron chi connectivity index (χ0n) is 10.7. The normalized spacial score (nSPS) is 10.4. The van der Waals surface area contributed by atoms with Crippen LogP contribution in [0.3, 0.4) is 0 Å². The first kappa shape index (κ1) is 13.1. The fraction of sp³-hybridized carbons (Fsp3) is 0.308. The van der Waals surface area contributed by atoms with Crippen LogP contribution in [-0.2, 0) is 6.54 Å². The summed E-state index contributed by atoms with van der Waals surface area (Å²) >= 11 is 0. The third-order valence-corrected chi connectivity index (χ3v) is 2.87. The Morgan fingerprint density at radius 2 is 2.32 bits per heavy atom. The molecule has 1 aromatic heterocycles. The van der Waals surface area contributed by atoms with E-state index in [1.165, 1.54) is 0 Å². The molecule has 0 saturated heterocycles. The van der Waals surface area contributed by atoms with Crippen molar-refractivity contribution in [3.8, 4) is 5.75 Å². The van der Waals surface area contributed by atoms with E-state index < -0.39 is 0 Å². The van der Waals surface area contributed by atoms with E-state index in [0.29, 0.717) is 24.2 Å². The van der Waals surface area contributed by atoms with Crippen molar-refractivity contribution in [3.63, 3.8) is 0 Å². The summed E-state index contributed by atoms with van der Waals surface area (Å²) in [7, 11) is 0. The lowest BCUT2D eigenvalue weighted by atomic mass is 10.1. The fourth-order valence-corrected chi connectivity index (χ4v) is 1.76. The molecule has 2 N–H and O–H groups in total. The van der Waals surface area contributed by atoms with Gasteiger partial charge in [0.15, 0.2) is 0 Å². The van der Waals surface area contributed by atoms with Gasteiger partial charge in [-0.25, -0.2) is 0 Å². The summed E-state index contributed by atoms with van der Waals surface area (Å²) in [5.41, 5.74) is 1.09. The zero-order chi connectivity index (χ0) is 13.7. The van der Waals surface area contributed by atoms with Gasteiger partial charge >= 0.3 is 0 Å². The maximum atomic E-state index is 11.9. The molecule has 0 saturated carbocycles. The van der Waals surface area contributed by atoms with Crippen LogP contribution >= 0.6 is 0 Å². The minimum atomic E-state index is -0.174. The van der Waals surface area contributed by atoms with E-state index in [2.05, 4.69) is 15.6 Å². The van der Waals surface area contributed by atoms with Gasteiger partial charge in [0.25, 0.3) is 5.91 Å². The highest BCUT2D eigenvalue weighted by Gasteiger charge is 2.10. The molecular formula is C13H16N4O2. The summed E-state index contributed by atoms with van der Waals surface area (Å²) in [6.45, 7) is 2.98. The van der Waals surface area contributed by atoms with Gasteiger partial charge < -0.3 is 10.4 Å². The van der Waals surface area contributed by atoms with Crippen molar-refractivity contribution < 1.29 is 9.90 Å². The molecule has 0 spiro atoms. The van der Waals surface area contributed by atoms with Crippen LogP contribution in [-0.4, -0.2) is 32.6 Å². The van der Waals surface area contributed by atoms with E-state index in [4.69, 9.17) is 0 Å². The van der Waals surface area contributed by atoms with Crippen LogP contribution in [0.2, 0.25) is 0 Å². The maximum Gasteiger partial charge on any atom is 0.251 e. The fourth-order valence-electron chi connectivity index (χ4n) is 1.76. The summed E-state index contributed by atoms with van der Waals surface area (Å²) in [6, 6.07) is 4.92. The highest BCUT2D eigenvalue weighted by molar-refractivity contribution is 5.96. The first-order valence-electron chi connectivity index (χ1n) is 6.09. The van der Waals surface area contributed by atoms with Crippen molar-refractivity contribution >= 4 is 5.91 Å². The van der Waals surface area contributed by atoms with Crippen LogP contribution in [0.25, 0.3) is 0 Å². The number of hydrogen-bond acceptors (Lipinski definition) is 4. The van der Waals surface area contributed by atoms with Gasteiger partial charge in [0.05, 0.1) is 6.20 Å². The van der Waals surface area contributed by atoms with E-state index in [0.717, 1.165) is 6.42 Å². The van der Waals surface area contributed by atoms with Crippen LogP contribution in [0.15, 0.2) is 30.6 Å². The molecule has 6 heteroatoms. The van der Waals surface area contributed by atoms with Crippen molar-refractivity contribution in [2.45, 2.75) is 19.9 Å². The lowest BCUT2D eigenvalue weighted by Crippen LogP contribution is -2.26. The number of nitrogens with one attached hydrogen (secondary N) is 1. The van der Waals surface area contributed by atoms with Crippen molar-refractivity contribution in [2.75, 3.05) is 6.54 Å². The molecule has 0 atom stereocenters. The molecule has 0 aliphatic carbocycles. The number of aryl methyl sites for hydroxylation is 1. The van der Waals surface area contributed by atoms with Gasteiger partial charge in [-0.1, -0.05) is 11.3 Å². The van der Waals surface area contributed by atoms with Gasteiger partial charge in [0, 0.05) is 30.4 Å². The smallest absolute Gasteiger partial charge is 0.251 e. The van der Waals surface area contributed by atoms with Crippen LogP contribution in [0.1, 0.15) is 22.3 Å². The number of aromatic nitrogens is 3. The molecular weight excluding hydrogens is 244 g/mol. The number of phenols is 1. The van der Waals surface area contributed by atoms with Crippen LogP contribution in [0.5, 0.6) is 5.75 Å². The molecule has 1 heterocycles. The first-order chi connectivity index (χ1) is 9.18. The number of aromatic hydroxyl groups is 1. The molecule has 0 fully saturated rings. The highest BCUT2D eigenvalue weighted by atomic mass is 16.3. The molecule has 0 unspecified atom stereocenters. The lowest BCUT2D eigenvalue weighted by molar-refractivity contribution is 0.0951. The number of benzene rings is 1. The summed E-state index contributed by atoms with van der Waals surface area (Å²) in [4.78, 5) is 11.9. The van der Waals surface area contributed by atoms with Crippen LogP contribution in [0.4, 0.5) is 0 Å². The summed E-state index contributed by atoms with van der Waals surface area (Å²) in [6.07, 6.45) is 4.17. The van der Waals surface area contributed by atoms with Crippen LogP contribution < -0.4 is 5.32 Å². The van der Waals surface area contributed by atoms with E-state index in [-0.39, 0.29) is 11.7 Å². The van der Waals surface area contributed by atoms with E-state index in [9.17, 15) is 9.90 Å². The van der Waals surface area contributed by atoms with Crippen LogP contribution in [0, 0.1) is 6.92 Å². The third-order valence-electron chi connectivity index (χ3n) is 2.87. The Labute approximate surface area is 111 Å². The number of phenolic OH excluding ortho intramolecular Hbond substituents is 1. The van der Waals surface area contributed by atoms with Crippen molar-refractivity contribution in [2.24, 2.45) is 0 Å². The third kappa shape index (κ3) is 3.31. The van der Waals surface area contributed by atoms with Crippen molar-refractivity contribution in [3.05, 3.63) is 41.7 Å². The van der Waals surface area contributed by atoms with Gasteiger partial charge in [-0.2, -0.15) is 0 Å². The number of amides is 1. The molecule has 0 radical (unpaired) electrons. The number of rotatable bonds is 5. The number of hydrogen-bond donors (Lipinski definition) is 2. The number of nitrogens with zero attached hydrogens (tertiary/aromatic N) is 3. The second-order valence-corrected chi connectivity index (χ2v) is 4.23. The van der Waals surface area contributed by atoms with Gasteiger partial charge in [-0.05, 0) is 25.5 Å². The van der Waals surface area contributed by atoms with Gasteiger partial charge in [0.2, 0.25) is 0 Å². The Morgan fingerprint density at radius 3 is 3.05 bits per heavy atom. The van der Waals surface area contributed by atoms with Crippen molar-refractivity contribution in [1.29, 1.82) is 0 Å². The standard InChI is InChI=1S/C13H16N4O2/c1-10-11(4-2-5-12(10)18)13(19)14-6-3-8-17-9-7-15-16-17/h2,4-5,7,9,18H,3,6,8H2,1H3,(H,14,19). The van der Waals surface area contributed by atoms with Crippen molar-refractivity contribution in [1.82, 2.24) is 20.3 Å². The monoisotopic (exact) mass is 260 g/mol. The quantitative estimate of drug-likeness (QED) is 0.789. The number of carbonyl (C=O) groups is 1. The maximum absolute atomic E-state index is 11.9. The zero-order valence-corrected chi connectivity index (χ0v) is 10.7. The van der Waals surface area contributed by atoms with E-state index in [1.807, 2.05) is 0 Å². The molecule has 1 amide bonds. The summed E-state index contributed by atoms with van der Waals surface area (Å²) in [5.74, 6) is -0.0396. The second-order valence-electron chi connectivity index (χ2n) is 4.23. The molecule has 2 aromatic rings. The molecule has 0 bridgehead atoms. The topological polar surface area (TPSA) is 80.0 Å². The lowest BCUT2D eigenvalue weighted by Gasteiger charge is -2.08. The average molecular weight is 260 g/mol. The Morgan fingerprint density at radius 1 is 1.47 bits per heavy atom. The first-order valence-corrected chi connectivity index (χ1v) is 6.09. The molecule has 1 aromatic carbocycles.